The van der Waals surface area contributed by atoms with Crippen LogP contribution in [0.25, 0.3) is 22.3 Å². The first-order valence-electron chi connectivity index (χ1n) is 10.3. The van der Waals surface area contributed by atoms with Crippen molar-refractivity contribution in [1.29, 1.82) is 0 Å². The minimum Gasteiger partial charge on any atom is -0.340 e. The van der Waals surface area contributed by atoms with Gasteiger partial charge in [-0.25, -0.2) is 4.98 Å². The van der Waals surface area contributed by atoms with Gasteiger partial charge in [-0.2, -0.15) is 5.10 Å². The van der Waals surface area contributed by atoms with Crippen LogP contribution < -0.4 is 10.2 Å². The molecule has 0 amide bonds. The zero-order valence-electron chi connectivity index (χ0n) is 18.0. The summed E-state index contributed by atoms with van der Waals surface area (Å²) in [4.78, 5) is 11.8. The first kappa shape index (κ1) is 20.0. The van der Waals surface area contributed by atoms with E-state index in [1.807, 2.05) is 12.3 Å². The van der Waals surface area contributed by atoms with Crippen LogP contribution in [0.5, 0.6) is 0 Å². The Bertz CT molecular complexity index is 1110. The molecule has 2 aromatic carbocycles. The fourth-order valence-corrected chi connectivity index (χ4v) is 3.68. The number of aromatic amines is 1. The van der Waals surface area contributed by atoms with E-state index >= 15 is 0 Å². The molecule has 2 heterocycles. The number of H-pyrrole nitrogens is 1. The number of hydrogen-bond donors (Lipinski definition) is 2. The van der Waals surface area contributed by atoms with E-state index in [2.05, 4.69) is 83.4 Å². The maximum atomic E-state index is 4.83. The minimum atomic E-state index is 0.450. The molecule has 0 saturated carbocycles. The van der Waals surface area contributed by atoms with E-state index < -0.39 is 0 Å². The highest BCUT2D eigenvalue weighted by Crippen LogP contribution is 2.29. The van der Waals surface area contributed by atoms with Crippen LogP contribution in [0.15, 0.2) is 55.0 Å². The Morgan fingerprint density at radius 2 is 1.77 bits per heavy atom. The largest absolute Gasteiger partial charge is 0.340 e. The topological polar surface area (TPSA) is 69.7 Å². The molecule has 6 nitrogen and oxygen atoms in total. The Morgan fingerprint density at radius 3 is 2.47 bits per heavy atom. The summed E-state index contributed by atoms with van der Waals surface area (Å²) in [6.45, 7) is 10.4. The lowest BCUT2D eigenvalue weighted by molar-refractivity contribution is 0.593. The second kappa shape index (κ2) is 8.63. The van der Waals surface area contributed by atoms with E-state index in [1.54, 1.807) is 12.4 Å². The predicted octanol–water partition coefficient (Wildman–Crippen LogP) is 4.77. The number of nitrogens with zero attached hydrogens (tertiary/aromatic N) is 4. The molecular weight excluding hydrogens is 372 g/mol. The summed E-state index contributed by atoms with van der Waals surface area (Å²) >= 11 is 0. The lowest BCUT2D eigenvalue weighted by Gasteiger charge is -2.27. The molecule has 2 aromatic heterocycles. The van der Waals surface area contributed by atoms with Gasteiger partial charge in [-0.15, -0.1) is 0 Å². The van der Waals surface area contributed by atoms with Crippen LogP contribution in [0.2, 0.25) is 0 Å². The second-order valence-corrected chi connectivity index (χ2v) is 8.02. The fraction of sp³-hybridized carbons (Fsp3) is 0.292. The minimum absolute atomic E-state index is 0.450. The molecule has 4 rings (SSSR count). The van der Waals surface area contributed by atoms with E-state index in [4.69, 9.17) is 4.98 Å². The predicted molar refractivity (Wildman–Crippen MR) is 123 cm³/mol. The average molecular weight is 401 g/mol. The van der Waals surface area contributed by atoms with Crippen LogP contribution in [0, 0.1) is 13.8 Å². The number of rotatable bonds is 7. The number of anilines is 2. The van der Waals surface area contributed by atoms with Crippen LogP contribution in [-0.2, 0) is 0 Å². The van der Waals surface area contributed by atoms with Gasteiger partial charge < -0.3 is 10.2 Å². The molecule has 0 bridgehead atoms. The van der Waals surface area contributed by atoms with Crippen molar-refractivity contribution in [2.75, 3.05) is 18.0 Å². The van der Waals surface area contributed by atoms with Crippen LogP contribution in [0.4, 0.5) is 11.4 Å². The Kier molecular flexibility index (Phi) is 5.77. The molecule has 6 heteroatoms. The molecule has 154 valence electrons. The summed E-state index contributed by atoms with van der Waals surface area (Å²) in [6.07, 6.45) is 5.39. The third kappa shape index (κ3) is 4.49. The number of aromatic nitrogens is 4. The molecule has 0 saturated heterocycles. The van der Waals surface area contributed by atoms with Gasteiger partial charge in [0.15, 0.2) is 0 Å². The second-order valence-electron chi connectivity index (χ2n) is 8.02. The summed E-state index contributed by atoms with van der Waals surface area (Å²) in [7, 11) is 0. The van der Waals surface area contributed by atoms with E-state index in [1.165, 1.54) is 16.8 Å². The van der Waals surface area contributed by atoms with Crippen molar-refractivity contribution in [1.82, 2.24) is 25.5 Å². The molecule has 0 aliphatic rings. The standard InChI is InChI=1S/C24H28N6/c1-16(2)25-7-8-30(21-10-17(3)9-18(4)11-21)20-5-6-22-23(12-20)29-24(15-26-22)19-13-27-28-14-19/h5-6,9-16,25H,7-8H2,1-4H3,(H,27,28). The molecule has 30 heavy (non-hydrogen) atoms. The summed E-state index contributed by atoms with van der Waals surface area (Å²) in [5.41, 5.74) is 8.32. The Morgan fingerprint density at radius 1 is 0.967 bits per heavy atom. The Labute approximate surface area is 177 Å². The van der Waals surface area contributed by atoms with Crippen molar-refractivity contribution >= 4 is 22.4 Å². The Hall–Kier alpha value is -3.25. The summed E-state index contributed by atoms with van der Waals surface area (Å²) in [6, 6.07) is 13.4. The zero-order valence-corrected chi connectivity index (χ0v) is 18.0. The number of aryl methyl sites for hydroxylation is 2. The van der Waals surface area contributed by atoms with Crippen LogP contribution in [0.3, 0.4) is 0 Å². The first-order valence-corrected chi connectivity index (χ1v) is 10.3. The molecular formula is C24H28N6. The van der Waals surface area contributed by atoms with Crippen molar-refractivity contribution < 1.29 is 0 Å². The average Bonchev–Trinajstić information content (AvgIpc) is 3.24. The lowest BCUT2D eigenvalue weighted by atomic mass is 10.1. The highest BCUT2D eigenvalue weighted by atomic mass is 15.2. The molecule has 2 N–H and O–H groups in total. The number of fused-ring (bicyclic) bond motifs is 1. The van der Waals surface area contributed by atoms with Crippen molar-refractivity contribution in [3.63, 3.8) is 0 Å². The molecule has 0 atom stereocenters. The lowest BCUT2D eigenvalue weighted by Crippen LogP contribution is -2.32. The van der Waals surface area contributed by atoms with Gasteiger partial charge in [0.25, 0.3) is 0 Å². The third-order valence-corrected chi connectivity index (χ3v) is 5.04. The smallest absolute Gasteiger partial charge is 0.0924 e. The molecule has 0 aliphatic carbocycles. The number of nitrogens with one attached hydrogen (secondary N) is 2. The van der Waals surface area contributed by atoms with E-state index in [0.717, 1.165) is 41.1 Å². The van der Waals surface area contributed by atoms with Crippen molar-refractivity contribution in [3.8, 4) is 11.3 Å². The zero-order chi connectivity index (χ0) is 21.1. The maximum absolute atomic E-state index is 4.83. The van der Waals surface area contributed by atoms with Gasteiger partial charge in [-0.05, 0) is 55.3 Å². The van der Waals surface area contributed by atoms with Crippen LogP contribution in [0.1, 0.15) is 25.0 Å². The molecule has 0 radical (unpaired) electrons. The van der Waals surface area contributed by atoms with Gasteiger partial charge in [0.05, 0.1) is 29.1 Å². The normalized spacial score (nSPS) is 11.4. The first-order chi connectivity index (χ1) is 14.5. The van der Waals surface area contributed by atoms with E-state index in [0.29, 0.717) is 6.04 Å². The van der Waals surface area contributed by atoms with E-state index in [9.17, 15) is 0 Å². The third-order valence-electron chi connectivity index (χ3n) is 5.04. The summed E-state index contributed by atoms with van der Waals surface area (Å²) in [5, 5.41) is 10.4. The molecule has 0 fully saturated rings. The van der Waals surface area contributed by atoms with Gasteiger partial charge in [-0.1, -0.05) is 19.9 Å². The SMILES string of the molecule is Cc1cc(C)cc(N(CCNC(C)C)c2ccc3ncc(-c4cn[nH]c4)nc3c2)c1. The van der Waals surface area contributed by atoms with Gasteiger partial charge >= 0.3 is 0 Å². The van der Waals surface area contributed by atoms with Crippen LogP contribution >= 0.6 is 0 Å². The molecule has 0 aliphatic heterocycles. The quantitative estimate of drug-likeness (QED) is 0.467. The number of benzene rings is 2. The van der Waals surface area contributed by atoms with Gasteiger partial charge in [0.2, 0.25) is 0 Å². The monoisotopic (exact) mass is 400 g/mol. The van der Waals surface area contributed by atoms with Crippen molar-refractivity contribution in [2.24, 2.45) is 0 Å². The highest BCUT2D eigenvalue weighted by Gasteiger charge is 2.13. The Balaban J connectivity index is 1.74. The summed E-state index contributed by atoms with van der Waals surface area (Å²) < 4.78 is 0. The van der Waals surface area contributed by atoms with Crippen molar-refractivity contribution in [3.05, 3.63) is 66.1 Å². The molecule has 4 aromatic rings. The van der Waals surface area contributed by atoms with Crippen LogP contribution in [-0.4, -0.2) is 39.3 Å². The highest BCUT2D eigenvalue weighted by molar-refractivity contribution is 5.82. The van der Waals surface area contributed by atoms with Gasteiger partial charge in [0.1, 0.15) is 0 Å². The fourth-order valence-electron chi connectivity index (χ4n) is 3.68. The van der Waals surface area contributed by atoms with Gasteiger partial charge in [-0.3, -0.25) is 10.1 Å². The van der Waals surface area contributed by atoms with E-state index in [-0.39, 0.29) is 0 Å². The summed E-state index contributed by atoms with van der Waals surface area (Å²) in [5.74, 6) is 0. The number of hydrogen-bond acceptors (Lipinski definition) is 5. The van der Waals surface area contributed by atoms with Gasteiger partial charge in [0, 0.05) is 42.3 Å². The van der Waals surface area contributed by atoms with Crippen molar-refractivity contribution in [2.45, 2.75) is 33.7 Å². The molecule has 0 spiro atoms. The molecule has 0 unspecified atom stereocenters. The maximum Gasteiger partial charge on any atom is 0.0924 e.